The molecule has 0 fully saturated rings. The van der Waals surface area contributed by atoms with Gasteiger partial charge in [-0.1, -0.05) is 6.92 Å². The van der Waals surface area contributed by atoms with Gasteiger partial charge in [0, 0.05) is 23.1 Å². The number of hydrogen-bond donors (Lipinski definition) is 1. The van der Waals surface area contributed by atoms with Crippen LogP contribution in [0.2, 0.25) is 0 Å². The molecule has 0 radical (unpaired) electrons. The molecule has 3 nitrogen and oxygen atoms in total. The van der Waals surface area contributed by atoms with Crippen LogP contribution in [0.15, 0.2) is 34.9 Å². The van der Waals surface area contributed by atoms with Crippen molar-refractivity contribution < 1.29 is 8.81 Å². The van der Waals surface area contributed by atoms with Crippen molar-refractivity contribution in [1.29, 1.82) is 0 Å². The second kappa shape index (κ2) is 6.73. The Bertz CT molecular complexity index is 512. The molecule has 0 aliphatic carbocycles. The Labute approximate surface area is 116 Å². The van der Waals surface area contributed by atoms with Crippen molar-refractivity contribution >= 4 is 11.8 Å². The molecule has 2 N–H and O–H groups in total. The molecule has 1 aromatic carbocycles. The molecule has 0 spiro atoms. The Morgan fingerprint density at radius 3 is 2.79 bits per heavy atom. The van der Waals surface area contributed by atoms with E-state index >= 15 is 0 Å². The lowest BCUT2D eigenvalue weighted by Gasteiger charge is -2.05. The summed E-state index contributed by atoms with van der Waals surface area (Å²) < 4.78 is 18.2. The van der Waals surface area contributed by atoms with Crippen LogP contribution >= 0.6 is 11.8 Å². The monoisotopic (exact) mass is 280 g/mol. The first-order valence-corrected chi connectivity index (χ1v) is 7.38. The fourth-order valence-electron chi connectivity index (χ4n) is 1.53. The van der Waals surface area contributed by atoms with E-state index in [4.69, 9.17) is 10.2 Å². The summed E-state index contributed by atoms with van der Waals surface area (Å²) in [5, 5.41) is 0. The van der Waals surface area contributed by atoms with Crippen LogP contribution in [0.4, 0.5) is 4.39 Å². The summed E-state index contributed by atoms with van der Waals surface area (Å²) in [5.41, 5.74) is 7.51. The van der Waals surface area contributed by atoms with E-state index in [2.05, 4.69) is 11.9 Å². The van der Waals surface area contributed by atoms with Gasteiger partial charge in [0.2, 0.25) is 5.89 Å². The van der Waals surface area contributed by atoms with Gasteiger partial charge in [-0.15, -0.1) is 0 Å². The highest BCUT2D eigenvalue weighted by atomic mass is 32.2. The molecule has 0 saturated heterocycles. The molecule has 1 unspecified atom stereocenters. The summed E-state index contributed by atoms with van der Waals surface area (Å²) in [6, 6.07) is 6.34. The van der Waals surface area contributed by atoms with Crippen LogP contribution in [-0.4, -0.2) is 16.8 Å². The first-order chi connectivity index (χ1) is 9.19. The highest BCUT2D eigenvalue weighted by Gasteiger charge is 2.07. The average molecular weight is 280 g/mol. The quantitative estimate of drug-likeness (QED) is 0.880. The fourth-order valence-corrected chi connectivity index (χ4v) is 2.53. The van der Waals surface area contributed by atoms with Crippen LogP contribution < -0.4 is 5.73 Å². The summed E-state index contributed by atoms with van der Waals surface area (Å²) in [6.07, 6.45) is 2.62. The second-order valence-corrected chi connectivity index (χ2v) is 5.36. The molecule has 1 aromatic heterocycles. The standard InChI is InChI=1S/C14H17FN2OS/c1-2-12(16)8-19-9-13-7-18-14(17-13)10-3-5-11(15)6-4-10/h3-7,12H,2,8-9,16H2,1H3. The number of halogens is 1. The van der Waals surface area contributed by atoms with Crippen molar-refractivity contribution in [2.24, 2.45) is 5.73 Å². The third kappa shape index (κ3) is 4.08. The molecule has 0 aliphatic heterocycles. The SMILES string of the molecule is CCC(N)CSCc1coc(-c2ccc(F)cc2)n1. The molecule has 0 bridgehead atoms. The summed E-state index contributed by atoms with van der Waals surface area (Å²) >= 11 is 1.74. The molecule has 19 heavy (non-hydrogen) atoms. The van der Waals surface area contributed by atoms with E-state index in [1.165, 1.54) is 12.1 Å². The average Bonchev–Trinajstić information content (AvgIpc) is 2.88. The topological polar surface area (TPSA) is 52.0 Å². The molecule has 1 atom stereocenters. The maximum atomic E-state index is 12.8. The molecule has 0 saturated carbocycles. The Balaban J connectivity index is 1.93. The number of aromatic nitrogens is 1. The van der Waals surface area contributed by atoms with Crippen LogP contribution in [-0.2, 0) is 5.75 Å². The van der Waals surface area contributed by atoms with Crippen LogP contribution in [0.1, 0.15) is 19.0 Å². The molecular weight excluding hydrogens is 263 g/mol. The van der Waals surface area contributed by atoms with Gasteiger partial charge in [0.15, 0.2) is 0 Å². The van der Waals surface area contributed by atoms with Gasteiger partial charge in [0.1, 0.15) is 12.1 Å². The molecule has 102 valence electrons. The van der Waals surface area contributed by atoms with Crippen molar-refractivity contribution in [3.05, 3.63) is 42.0 Å². The van der Waals surface area contributed by atoms with Gasteiger partial charge in [-0.25, -0.2) is 9.37 Å². The maximum Gasteiger partial charge on any atom is 0.226 e. The zero-order valence-electron chi connectivity index (χ0n) is 10.8. The zero-order valence-corrected chi connectivity index (χ0v) is 11.6. The number of nitrogens with two attached hydrogens (primary N) is 1. The molecule has 2 aromatic rings. The van der Waals surface area contributed by atoms with E-state index in [9.17, 15) is 4.39 Å². The lowest BCUT2D eigenvalue weighted by atomic mass is 10.2. The third-order valence-corrected chi connectivity index (χ3v) is 3.91. The van der Waals surface area contributed by atoms with E-state index in [0.29, 0.717) is 5.89 Å². The Hall–Kier alpha value is -1.33. The summed E-state index contributed by atoms with van der Waals surface area (Å²) in [7, 11) is 0. The molecule has 1 heterocycles. The lowest BCUT2D eigenvalue weighted by molar-refractivity contribution is 0.573. The van der Waals surface area contributed by atoms with Crippen LogP contribution in [0.3, 0.4) is 0 Å². The highest BCUT2D eigenvalue weighted by molar-refractivity contribution is 7.98. The van der Waals surface area contributed by atoms with Crippen molar-refractivity contribution in [1.82, 2.24) is 4.98 Å². The number of nitrogens with zero attached hydrogens (tertiary/aromatic N) is 1. The van der Waals surface area contributed by atoms with Gasteiger partial charge >= 0.3 is 0 Å². The number of benzene rings is 1. The van der Waals surface area contributed by atoms with Gasteiger partial charge in [0.05, 0.1) is 5.69 Å². The van der Waals surface area contributed by atoms with E-state index in [0.717, 1.165) is 29.2 Å². The number of rotatable bonds is 6. The molecule has 2 rings (SSSR count). The largest absolute Gasteiger partial charge is 0.444 e. The fraction of sp³-hybridized carbons (Fsp3) is 0.357. The van der Waals surface area contributed by atoms with Crippen LogP contribution in [0.25, 0.3) is 11.5 Å². The van der Waals surface area contributed by atoms with Crippen LogP contribution in [0.5, 0.6) is 0 Å². The van der Waals surface area contributed by atoms with Gasteiger partial charge < -0.3 is 10.2 Å². The van der Waals surface area contributed by atoms with Crippen LogP contribution in [0, 0.1) is 5.82 Å². The van der Waals surface area contributed by atoms with Gasteiger partial charge in [-0.2, -0.15) is 11.8 Å². The normalized spacial score (nSPS) is 12.6. The summed E-state index contributed by atoms with van der Waals surface area (Å²) in [5.74, 6) is 1.95. The van der Waals surface area contributed by atoms with E-state index in [1.54, 1.807) is 30.2 Å². The van der Waals surface area contributed by atoms with E-state index in [1.807, 2.05) is 0 Å². The Kier molecular flexibility index (Phi) is 4.99. The molecule has 0 amide bonds. The number of thioether (sulfide) groups is 1. The second-order valence-electron chi connectivity index (χ2n) is 4.33. The lowest BCUT2D eigenvalue weighted by Crippen LogP contribution is -2.21. The Morgan fingerprint density at radius 1 is 1.37 bits per heavy atom. The summed E-state index contributed by atoms with van der Waals surface area (Å²) in [6.45, 7) is 2.08. The first-order valence-electron chi connectivity index (χ1n) is 6.22. The molecule has 5 heteroatoms. The minimum absolute atomic E-state index is 0.230. The van der Waals surface area contributed by atoms with E-state index < -0.39 is 0 Å². The van der Waals surface area contributed by atoms with E-state index in [-0.39, 0.29) is 11.9 Å². The predicted molar refractivity (Wildman–Crippen MR) is 76.3 cm³/mol. The third-order valence-electron chi connectivity index (χ3n) is 2.75. The van der Waals surface area contributed by atoms with Crippen molar-refractivity contribution in [3.8, 4) is 11.5 Å². The predicted octanol–water partition coefficient (Wildman–Crippen LogP) is 3.45. The summed E-state index contributed by atoms with van der Waals surface area (Å²) in [4.78, 5) is 4.38. The minimum Gasteiger partial charge on any atom is -0.444 e. The van der Waals surface area contributed by atoms with Crippen molar-refractivity contribution in [2.45, 2.75) is 25.1 Å². The van der Waals surface area contributed by atoms with Gasteiger partial charge in [0.25, 0.3) is 0 Å². The molecule has 0 aliphatic rings. The molecular formula is C14H17FN2OS. The maximum absolute atomic E-state index is 12.8. The number of hydrogen-bond acceptors (Lipinski definition) is 4. The van der Waals surface area contributed by atoms with Gasteiger partial charge in [-0.05, 0) is 30.7 Å². The number of oxazole rings is 1. The Morgan fingerprint density at radius 2 is 2.11 bits per heavy atom. The first kappa shape index (κ1) is 14.1. The zero-order chi connectivity index (χ0) is 13.7. The van der Waals surface area contributed by atoms with Gasteiger partial charge in [-0.3, -0.25) is 0 Å². The van der Waals surface area contributed by atoms with Crippen molar-refractivity contribution in [3.63, 3.8) is 0 Å². The van der Waals surface area contributed by atoms with Crippen molar-refractivity contribution in [2.75, 3.05) is 5.75 Å². The highest BCUT2D eigenvalue weighted by Crippen LogP contribution is 2.21. The minimum atomic E-state index is -0.264. The smallest absolute Gasteiger partial charge is 0.226 e.